The fraction of sp³-hybridized carbons (Fsp3) is 0.250. The van der Waals surface area contributed by atoms with E-state index in [9.17, 15) is 4.79 Å². The van der Waals surface area contributed by atoms with Crippen LogP contribution in [0.3, 0.4) is 0 Å². The van der Waals surface area contributed by atoms with Gasteiger partial charge >= 0.3 is 0 Å². The highest BCUT2D eigenvalue weighted by atomic mass is 16.5. The maximum atomic E-state index is 12.6. The van der Waals surface area contributed by atoms with Crippen LogP contribution in [0.15, 0.2) is 66.9 Å². The van der Waals surface area contributed by atoms with Crippen LogP contribution in [0.1, 0.15) is 31.0 Å². The number of carbonyl (C=O) groups is 1. The molecule has 1 heterocycles. The molecule has 0 aliphatic heterocycles. The van der Waals surface area contributed by atoms with E-state index >= 15 is 0 Å². The molecule has 0 radical (unpaired) electrons. The van der Waals surface area contributed by atoms with E-state index in [-0.39, 0.29) is 11.9 Å². The van der Waals surface area contributed by atoms with Gasteiger partial charge in [-0.05, 0) is 56.7 Å². The first-order valence-corrected chi connectivity index (χ1v) is 9.86. The maximum Gasteiger partial charge on any atom is 0.242 e. The van der Waals surface area contributed by atoms with E-state index in [4.69, 9.17) is 9.47 Å². The summed E-state index contributed by atoms with van der Waals surface area (Å²) in [5.74, 6) is 1.88. The van der Waals surface area contributed by atoms with E-state index < -0.39 is 6.04 Å². The molecule has 0 spiro atoms. The second-order valence-corrected chi connectivity index (χ2v) is 7.14. The molecule has 1 amide bonds. The Morgan fingerprint density at radius 3 is 2.40 bits per heavy atom. The third-order valence-corrected chi connectivity index (χ3v) is 4.70. The first-order valence-electron chi connectivity index (χ1n) is 9.86. The minimum atomic E-state index is -0.410. The van der Waals surface area contributed by atoms with Gasteiger partial charge < -0.3 is 20.1 Å². The number of nitrogens with one attached hydrogen (secondary N) is 2. The zero-order chi connectivity index (χ0) is 21.5. The highest BCUT2D eigenvalue weighted by molar-refractivity contribution is 5.84. The van der Waals surface area contributed by atoms with Gasteiger partial charge in [0.15, 0.2) is 0 Å². The summed E-state index contributed by atoms with van der Waals surface area (Å²) in [6, 6.07) is 18.3. The molecule has 0 saturated heterocycles. The van der Waals surface area contributed by atoms with E-state index in [0.29, 0.717) is 11.6 Å². The fourth-order valence-corrected chi connectivity index (χ4v) is 3.01. The van der Waals surface area contributed by atoms with Crippen LogP contribution in [0.25, 0.3) is 0 Å². The number of methoxy groups -OCH3 is 1. The Morgan fingerprint density at radius 1 is 1.00 bits per heavy atom. The van der Waals surface area contributed by atoms with Gasteiger partial charge in [-0.15, -0.1) is 0 Å². The van der Waals surface area contributed by atoms with Gasteiger partial charge in [0.25, 0.3) is 0 Å². The van der Waals surface area contributed by atoms with Gasteiger partial charge in [-0.1, -0.05) is 24.3 Å². The van der Waals surface area contributed by atoms with Crippen molar-refractivity contribution in [3.8, 4) is 17.4 Å². The Kier molecular flexibility index (Phi) is 6.91. The highest BCUT2D eigenvalue weighted by Crippen LogP contribution is 2.25. The predicted molar refractivity (Wildman–Crippen MR) is 118 cm³/mol. The normalized spacial score (nSPS) is 12.5. The quantitative estimate of drug-likeness (QED) is 0.559. The van der Waals surface area contributed by atoms with Crippen LogP contribution in [-0.2, 0) is 4.79 Å². The number of aromatic nitrogens is 1. The van der Waals surface area contributed by atoms with Crippen molar-refractivity contribution >= 4 is 11.6 Å². The van der Waals surface area contributed by atoms with Crippen LogP contribution in [0.5, 0.6) is 17.4 Å². The molecule has 2 atom stereocenters. The highest BCUT2D eigenvalue weighted by Gasteiger charge is 2.18. The SMILES string of the molecule is COc1ccccc1C(C)NC(=O)C(C)Nc1ccc(Oc2ccc(C)cn2)cc1. The Bertz CT molecular complexity index is 972. The second-order valence-electron chi connectivity index (χ2n) is 7.14. The van der Waals surface area contributed by atoms with Gasteiger partial charge in [0.05, 0.1) is 13.2 Å². The van der Waals surface area contributed by atoms with Gasteiger partial charge in [0.1, 0.15) is 17.5 Å². The smallest absolute Gasteiger partial charge is 0.242 e. The van der Waals surface area contributed by atoms with Crippen molar-refractivity contribution in [1.82, 2.24) is 10.3 Å². The number of para-hydroxylation sites is 1. The minimum absolute atomic E-state index is 0.0995. The molecule has 2 N–H and O–H groups in total. The number of hydrogen-bond donors (Lipinski definition) is 2. The lowest BCUT2D eigenvalue weighted by molar-refractivity contribution is -0.122. The average molecular weight is 405 g/mol. The molecule has 2 aromatic carbocycles. The maximum absolute atomic E-state index is 12.6. The molecule has 156 valence electrons. The summed E-state index contributed by atoms with van der Waals surface area (Å²) in [4.78, 5) is 16.9. The lowest BCUT2D eigenvalue weighted by Gasteiger charge is -2.21. The molecule has 0 fully saturated rings. The standard InChI is InChI=1S/C24H27N3O3/c1-16-9-14-23(25-15-16)30-20-12-10-19(11-13-20)26-18(3)24(28)27-17(2)21-7-5-6-8-22(21)29-4/h5-15,17-18,26H,1-4H3,(H,27,28). The zero-order valence-corrected chi connectivity index (χ0v) is 17.7. The number of amides is 1. The molecule has 1 aromatic heterocycles. The topological polar surface area (TPSA) is 72.5 Å². The molecule has 0 saturated carbocycles. The number of ether oxygens (including phenoxy) is 2. The summed E-state index contributed by atoms with van der Waals surface area (Å²) in [7, 11) is 1.62. The fourth-order valence-electron chi connectivity index (χ4n) is 3.01. The molecule has 2 unspecified atom stereocenters. The molecule has 0 aliphatic carbocycles. The molecule has 3 rings (SSSR count). The molecule has 0 bridgehead atoms. The van der Waals surface area contributed by atoms with E-state index in [1.807, 2.05) is 81.4 Å². The van der Waals surface area contributed by atoms with Gasteiger partial charge in [0, 0.05) is 23.5 Å². The number of hydrogen-bond acceptors (Lipinski definition) is 5. The molecular weight excluding hydrogens is 378 g/mol. The van der Waals surface area contributed by atoms with Gasteiger partial charge in [-0.2, -0.15) is 0 Å². The van der Waals surface area contributed by atoms with Crippen LogP contribution in [0, 0.1) is 6.92 Å². The van der Waals surface area contributed by atoms with E-state index in [1.54, 1.807) is 13.3 Å². The van der Waals surface area contributed by atoms with Gasteiger partial charge in [0.2, 0.25) is 11.8 Å². The first kappa shape index (κ1) is 21.2. The van der Waals surface area contributed by atoms with Crippen molar-refractivity contribution < 1.29 is 14.3 Å². The van der Waals surface area contributed by atoms with Crippen LogP contribution in [0.2, 0.25) is 0 Å². The van der Waals surface area contributed by atoms with Crippen LogP contribution >= 0.6 is 0 Å². The van der Waals surface area contributed by atoms with Gasteiger partial charge in [-0.3, -0.25) is 4.79 Å². The summed E-state index contributed by atoms with van der Waals surface area (Å²) in [6.07, 6.45) is 1.76. The third-order valence-electron chi connectivity index (χ3n) is 4.70. The molecule has 6 nitrogen and oxygen atoms in total. The van der Waals surface area contributed by atoms with Crippen molar-refractivity contribution in [2.75, 3.05) is 12.4 Å². The molecule has 3 aromatic rings. The molecule has 30 heavy (non-hydrogen) atoms. The van der Waals surface area contributed by atoms with Crippen molar-refractivity contribution in [3.05, 3.63) is 78.0 Å². The van der Waals surface area contributed by atoms with Gasteiger partial charge in [-0.25, -0.2) is 4.98 Å². The Balaban J connectivity index is 1.56. The summed E-state index contributed by atoms with van der Waals surface area (Å²) >= 11 is 0. The zero-order valence-electron chi connectivity index (χ0n) is 17.7. The van der Waals surface area contributed by atoms with E-state index in [1.165, 1.54) is 0 Å². The lowest BCUT2D eigenvalue weighted by Crippen LogP contribution is -2.38. The predicted octanol–water partition coefficient (Wildman–Crippen LogP) is 4.87. The van der Waals surface area contributed by atoms with E-state index in [2.05, 4.69) is 15.6 Å². The number of aryl methyl sites for hydroxylation is 1. The Hall–Kier alpha value is -3.54. The largest absolute Gasteiger partial charge is 0.496 e. The van der Waals surface area contributed by atoms with Crippen LogP contribution in [-0.4, -0.2) is 24.0 Å². The van der Waals surface area contributed by atoms with Crippen molar-refractivity contribution in [1.29, 1.82) is 0 Å². The number of carbonyl (C=O) groups excluding carboxylic acids is 1. The monoisotopic (exact) mass is 405 g/mol. The number of rotatable bonds is 8. The summed E-state index contributed by atoms with van der Waals surface area (Å²) in [5, 5.41) is 6.24. The number of anilines is 1. The van der Waals surface area contributed by atoms with Crippen LogP contribution in [0.4, 0.5) is 5.69 Å². The second kappa shape index (κ2) is 9.78. The van der Waals surface area contributed by atoms with Crippen molar-refractivity contribution in [2.24, 2.45) is 0 Å². The molecular formula is C24H27N3O3. The Labute approximate surface area is 177 Å². The number of nitrogens with zero attached hydrogens (tertiary/aromatic N) is 1. The lowest BCUT2D eigenvalue weighted by atomic mass is 10.1. The summed E-state index contributed by atoms with van der Waals surface area (Å²) in [5.41, 5.74) is 2.84. The molecule has 0 aliphatic rings. The summed E-state index contributed by atoms with van der Waals surface area (Å²) in [6.45, 7) is 5.74. The van der Waals surface area contributed by atoms with Crippen molar-refractivity contribution in [2.45, 2.75) is 32.9 Å². The van der Waals surface area contributed by atoms with Crippen molar-refractivity contribution in [3.63, 3.8) is 0 Å². The number of benzene rings is 2. The average Bonchev–Trinajstić information content (AvgIpc) is 2.76. The first-order chi connectivity index (χ1) is 14.5. The van der Waals surface area contributed by atoms with E-state index in [0.717, 1.165) is 22.6 Å². The Morgan fingerprint density at radius 2 is 1.73 bits per heavy atom. The molecule has 6 heteroatoms. The number of pyridine rings is 1. The minimum Gasteiger partial charge on any atom is -0.496 e. The van der Waals surface area contributed by atoms with Crippen LogP contribution < -0.4 is 20.1 Å². The summed E-state index contributed by atoms with van der Waals surface area (Å²) < 4.78 is 11.1. The third kappa shape index (κ3) is 5.50.